The number of amides is 1. The van der Waals surface area contributed by atoms with Crippen LogP contribution in [0.25, 0.3) is 11.8 Å². The van der Waals surface area contributed by atoms with Gasteiger partial charge in [0.2, 0.25) is 5.91 Å². The molecule has 0 aliphatic carbocycles. The van der Waals surface area contributed by atoms with E-state index in [2.05, 4.69) is 17.6 Å². The molecule has 0 unspecified atom stereocenters. The minimum Gasteiger partial charge on any atom is -0.462 e. The molecule has 1 aromatic heterocycles. The molecule has 2 N–H and O–H groups in total. The van der Waals surface area contributed by atoms with Crippen LogP contribution in [0.5, 0.6) is 0 Å². The van der Waals surface area contributed by atoms with E-state index in [9.17, 15) is 19.6 Å². The Labute approximate surface area is 196 Å². The van der Waals surface area contributed by atoms with Gasteiger partial charge < -0.3 is 15.4 Å². The van der Waals surface area contributed by atoms with Gasteiger partial charge in [0.05, 0.1) is 13.2 Å². The van der Waals surface area contributed by atoms with Crippen LogP contribution in [0.1, 0.15) is 27.2 Å². The molecule has 0 bridgehead atoms. The first-order chi connectivity index (χ1) is 15.8. The molecule has 0 radical (unpaired) electrons. The Morgan fingerprint density at radius 2 is 2.00 bits per heavy atom. The molecular formula is C23H29N5O4S. The molecule has 33 heavy (non-hydrogen) atoms. The SMILES string of the molecule is CCCN(C)CC(=O)Nc1cccc(N/C=c2/s/c(=C(/C#N)C(=O)OCC)n(CC)c2=O)c1. The first-order valence-electron chi connectivity index (χ1n) is 10.7. The summed E-state index contributed by atoms with van der Waals surface area (Å²) >= 11 is 1.04. The van der Waals surface area contributed by atoms with E-state index in [0.29, 0.717) is 29.0 Å². The molecule has 0 saturated heterocycles. The number of carbonyl (C=O) groups is 2. The molecular weight excluding hydrogens is 442 g/mol. The molecule has 176 valence electrons. The lowest BCUT2D eigenvalue weighted by Crippen LogP contribution is -2.32. The summed E-state index contributed by atoms with van der Waals surface area (Å²) in [7, 11) is 1.89. The van der Waals surface area contributed by atoms with Gasteiger partial charge in [0.25, 0.3) is 5.56 Å². The Hall–Kier alpha value is -3.42. The van der Waals surface area contributed by atoms with Crippen LogP contribution < -0.4 is 25.4 Å². The molecule has 0 saturated carbocycles. The first kappa shape index (κ1) is 25.8. The molecule has 2 rings (SSSR count). The number of likely N-dealkylation sites (N-methyl/N-ethyl adjacent to an activating group) is 1. The van der Waals surface area contributed by atoms with Crippen LogP contribution in [0, 0.1) is 11.3 Å². The Morgan fingerprint density at radius 1 is 1.27 bits per heavy atom. The fourth-order valence-electron chi connectivity index (χ4n) is 3.12. The highest BCUT2D eigenvalue weighted by Gasteiger charge is 2.16. The van der Waals surface area contributed by atoms with Crippen molar-refractivity contribution < 1.29 is 14.3 Å². The fraction of sp³-hybridized carbons (Fsp3) is 0.391. The number of rotatable bonds is 10. The molecule has 1 heterocycles. The lowest BCUT2D eigenvalue weighted by molar-refractivity contribution is -0.136. The third-order valence-corrected chi connectivity index (χ3v) is 5.69. The van der Waals surface area contributed by atoms with Gasteiger partial charge in [0.1, 0.15) is 15.3 Å². The highest BCUT2D eigenvalue weighted by atomic mass is 32.1. The number of benzene rings is 1. The monoisotopic (exact) mass is 471 g/mol. The summed E-state index contributed by atoms with van der Waals surface area (Å²) in [5.41, 5.74) is 0.786. The summed E-state index contributed by atoms with van der Waals surface area (Å²) in [5.74, 6) is -0.865. The second kappa shape index (κ2) is 12.6. The quantitative estimate of drug-likeness (QED) is 0.502. The number of aromatic nitrogens is 1. The minimum atomic E-state index is -0.754. The maximum Gasteiger partial charge on any atom is 0.351 e. The smallest absolute Gasteiger partial charge is 0.351 e. The van der Waals surface area contributed by atoms with Gasteiger partial charge >= 0.3 is 5.97 Å². The molecule has 1 aromatic carbocycles. The van der Waals surface area contributed by atoms with E-state index in [-0.39, 0.29) is 28.3 Å². The molecule has 0 spiro atoms. The van der Waals surface area contributed by atoms with E-state index in [4.69, 9.17) is 4.74 Å². The van der Waals surface area contributed by atoms with Crippen molar-refractivity contribution in [3.05, 3.63) is 43.8 Å². The molecule has 2 aromatic rings. The van der Waals surface area contributed by atoms with Crippen molar-refractivity contribution >= 4 is 46.4 Å². The van der Waals surface area contributed by atoms with Crippen LogP contribution in [0.4, 0.5) is 11.4 Å². The topological polar surface area (TPSA) is 116 Å². The van der Waals surface area contributed by atoms with Crippen molar-refractivity contribution in [2.75, 3.05) is 37.4 Å². The van der Waals surface area contributed by atoms with E-state index in [1.54, 1.807) is 38.1 Å². The van der Waals surface area contributed by atoms with Crippen LogP contribution >= 0.6 is 11.3 Å². The number of nitriles is 1. The summed E-state index contributed by atoms with van der Waals surface area (Å²) in [6.45, 7) is 7.04. The van der Waals surface area contributed by atoms with Crippen molar-refractivity contribution in [1.82, 2.24) is 9.47 Å². The Balaban J connectivity index is 2.30. The van der Waals surface area contributed by atoms with Crippen molar-refractivity contribution in [3.8, 4) is 6.07 Å². The van der Waals surface area contributed by atoms with Crippen LogP contribution in [0.2, 0.25) is 0 Å². The number of esters is 1. The zero-order valence-corrected chi connectivity index (χ0v) is 20.1. The number of thiazole rings is 1. The summed E-state index contributed by atoms with van der Waals surface area (Å²) in [6, 6.07) is 8.98. The van der Waals surface area contributed by atoms with Gasteiger partial charge in [-0.15, -0.1) is 11.3 Å². The number of anilines is 2. The lowest BCUT2D eigenvalue weighted by atomic mass is 10.2. The second-order valence-corrected chi connectivity index (χ2v) is 8.21. The van der Waals surface area contributed by atoms with Crippen molar-refractivity contribution in [2.45, 2.75) is 33.7 Å². The lowest BCUT2D eigenvalue weighted by Gasteiger charge is -2.15. The Morgan fingerprint density at radius 3 is 2.64 bits per heavy atom. The fourth-order valence-corrected chi connectivity index (χ4v) is 4.20. The summed E-state index contributed by atoms with van der Waals surface area (Å²) < 4.78 is 6.90. The number of ether oxygens (including phenoxy) is 1. The summed E-state index contributed by atoms with van der Waals surface area (Å²) in [5, 5.41) is 15.3. The van der Waals surface area contributed by atoms with Crippen LogP contribution in [-0.4, -0.2) is 48.1 Å². The van der Waals surface area contributed by atoms with E-state index >= 15 is 0 Å². The normalized spacial score (nSPS) is 12.3. The van der Waals surface area contributed by atoms with E-state index in [1.807, 2.05) is 18.0 Å². The molecule has 0 aliphatic rings. The van der Waals surface area contributed by atoms with Crippen molar-refractivity contribution in [2.24, 2.45) is 0 Å². The van der Waals surface area contributed by atoms with Gasteiger partial charge in [-0.05, 0) is 52.1 Å². The molecule has 0 fully saturated rings. The van der Waals surface area contributed by atoms with E-state index in [0.717, 1.165) is 24.3 Å². The highest BCUT2D eigenvalue weighted by molar-refractivity contribution is 7.07. The van der Waals surface area contributed by atoms with Crippen LogP contribution in [0.3, 0.4) is 0 Å². The molecule has 0 aliphatic heterocycles. The number of hydrogen-bond acceptors (Lipinski definition) is 8. The number of nitrogens with one attached hydrogen (secondary N) is 2. The third-order valence-electron chi connectivity index (χ3n) is 4.56. The largest absolute Gasteiger partial charge is 0.462 e. The van der Waals surface area contributed by atoms with Gasteiger partial charge in [0.15, 0.2) is 5.57 Å². The maximum atomic E-state index is 12.8. The summed E-state index contributed by atoms with van der Waals surface area (Å²) in [4.78, 5) is 39.1. The maximum absolute atomic E-state index is 12.8. The zero-order valence-electron chi connectivity index (χ0n) is 19.3. The highest BCUT2D eigenvalue weighted by Crippen LogP contribution is 2.15. The predicted octanol–water partition coefficient (Wildman–Crippen LogP) is 1.30. The average Bonchev–Trinajstić information content (AvgIpc) is 3.08. The number of carbonyl (C=O) groups excluding carboxylic acids is 2. The number of hydrogen-bond donors (Lipinski definition) is 2. The van der Waals surface area contributed by atoms with E-state index < -0.39 is 5.97 Å². The van der Waals surface area contributed by atoms with Gasteiger partial charge in [-0.3, -0.25) is 19.1 Å². The van der Waals surface area contributed by atoms with Crippen LogP contribution in [-0.2, 0) is 20.9 Å². The summed E-state index contributed by atoms with van der Waals surface area (Å²) in [6.07, 6.45) is 2.50. The van der Waals surface area contributed by atoms with Crippen molar-refractivity contribution in [1.29, 1.82) is 5.26 Å². The molecule has 1 amide bonds. The minimum absolute atomic E-state index is 0.112. The van der Waals surface area contributed by atoms with Crippen LogP contribution in [0.15, 0.2) is 29.1 Å². The van der Waals surface area contributed by atoms with Gasteiger partial charge in [0, 0.05) is 24.1 Å². The molecule has 0 atom stereocenters. The molecule has 10 heteroatoms. The predicted molar refractivity (Wildman–Crippen MR) is 130 cm³/mol. The van der Waals surface area contributed by atoms with E-state index in [1.165, 1.54) is 10.8 Å². The Kier molecular flexibility index (Phi) is 9.84. The van der Waals surface area contributed by atoms with Gasteiger partial charge in [-0.25, -0.2) is 4.79 Å². The third kappa shape index (κ3) is 7.03. The second-order valence-electron chi connectivity index (χ2n) is 7.18. The average molecular weight is 472 g/mol. The van der Waals surface area contributed by atoms with Gasteiger partial charge in [-0.2, -0.15) is 5.26 Å². The molecule has 9 nitrogen and oxygen atoms in total. The Bertz CT molecular complexity index is 1210. The van der Waals surface area contributed by atoms with Crippen molar-refractivity contribution in [3.63, 3.8) is 0 Å². The van der Waals surface area contributed by atoms with Gasteiger partial charge in [-0.1, -0.05) is 13.0 Å². The standard InChI is InChI=1S/C23H29N5O4S/c1-5-11-27(4)15-20(29)26-17-10-8-9-16(12-17)25-14-19-21(30)28(6-2)22(33-19)18(13-24)23(31)32-7-3/h8-10,12,14,25H,5-7,11,15H2,1-4H3,(H,26,29)/b19-14+,22-18-. The number of nitrogens with zero attached hydrogens (tertiary/aromatic N) is 3. The zero-order chi connectivity index (χ0) is 24.4. The first-order valence-corrected chi connectivity index (χ1v) is 11.5.